The highest BCUT2D eigenvalue weighted by atomic mass is 28.1. The van der Waals surface area contributed by atoms with E-state index in [1.807, 2.05) is 0 Å². The van der Waals surface area contributed by atoms with Crippen LogP contribution in [0, 0.1) is 0 Å². The molecule has 0 bridgehead atoms. The van der Waals surface area contributed by atoms with Crippen LogP contribution in [0.25, 0.3) is 0 Å². The van der Waals surface area contributed by atoms with Gasteiger partial charge in [0.15, 0.2) is 0 Å². The SMILES string of the molecule is C=COC=C.C[SiH3]. The molecular weight excluding hydrogens is 104 g/mol. The molecule has 0 radical (unpaired) electrons. The van der Waals surface area contributed by atoms with E-state index >= 15 is 0 Å². The third kappa shape index (κ3) is 30.0. The molecule has 7 heavy (non-hydrogen) atoms. The van der Waals surface area contributed by atoms with Crippen LogP contribution in [0.4, 0.5) is 0 Å². The van der Waals surface area contributed by atoms with Gasteiger partial charge in [0.2, 0.25) is 0 Å². The molecular formula is C5H12OSi. The van der Waals surface area contributed by atoms with Crippen LogP contribution in [0.15, 0.2) is 25.7 Å². The molecule has 0 fully saturated rings. The van der Waals surface area contributed by atoms with Gasteiger partial charge >= 0.3 is 0 Å². The molecule has 0 aliphatic rings. The van der Waals surface area contributed by atoms with Gasteiger partial charge in [-0.3, -0.25) is 0 Å². The maximum Gasteiger partial charge on any atom is 0.0829 e. The Morgan fingerprint density at radius 2 is 1.57 bits per heavy atom. The van der Waals surface area contributed by atoms with E-state index in [0.717, 1.165) is 0 Å². The van der Waals surface area contributed by atoms with Gasteiger partial charge in [0, 0.05) is 0 Å². The summed E-state index contributed by atoms with van der Waals surface area (Å²) < 4.78 is 4.36. The molecule has 0 aromatic carbocycles. The molecule has 0 saturated carbocycles. The first-order chi connectivity index (χ1) is 3.41. The summed E-state index contributed by atoms with van der Waals surface area (Å²) in [6.45, 7) is 8.65. The van der Waals surface area contributed by atoms with Crippen molar-refractivity contribution in [3.05, 3.63) is 25.7 Å². The first-order valence-corrected chi connectivity index (χ1v) is 4.29. The van der Waals surface area contributed by atoms with E-state index in [1.54, 1.807) is 0 Å². The maximum atomic E-state index is 4.36. The van der Waals surface area contributed by atoms with Crippen LogP contribution in [0.2, 0.25) is 6.55 Å². The lowest BCUT2D eigenvalue weighted by molar-refractivity contribution is 0.406. The molecule has 0 rings (SSSR count). The second kappa shape index (κ2) is 17.8. The summed E-state index contributed by atoms with van der Waals surface area (Å²) in [5.41, 5.74) is 0. The van der Waals surface area contributed by atoms with Crippen LogP contribution < -0.4 is 0 Å². The fourth-order valence-electron chi connectivity index (χ4n) is 0.0680. The predicted octanol–water partition coefficient (Wildman–Crippen LogP) is 0.690. The average Bonchev–Trinajstić information content (AvgIpc) is 1.75. The zero-order valence-electron chi connectivity index (χ0n) is 4.98. The van der Waals surface area contributed by atoms with Gasteiger partial charge in [0.25, 0.3) is 0 Å². The van der Waals surface area contributed by atoms with Crippen LogP contribution in [0.5, 0.6) is 0 Å². The molecule has 1 nitrogen and oxygen atoms in total. The molecule has 0 atom stereocenters. The van der Waals surface area contributed by atoms with Crippen molar-refractivity contribution in [2.75, 3.05) is 0 Å². The molecule has 0 aliphatic heterocycles. The molecule has 0 aliphatic carbocycles. The summed E-state index contributed by atoms with van der Waals surface area (Å²) >= 11 is 0. The summed E-state index contributed by atoms with van der Waals surface area (Å²) in [6, 6.07) is 0. The summed E-state index contributed by atoms with van der Waals surface area (Å²) in [7, 11) is 1.31. The van der Waals surface area contributed by atoms with Gasteiger partial charge in [-0.05, 0) is 10.2 Å². The van der Waals surface area contributed by atoms with Gasteiger partial charge in [-0.25, -0.2) is 0 Å². The molecule has 0 spiro atoms. The van der Waals surface area contributed by atoms with Crippen molar-refractivity contribution < 1.29 is 4.74 Å². The van der Waals surface area contributed by atoms with Gasteiger partial charge in [-0.2, -0.15) is 0 Å². The topological polar surface area (TPSA) is 9.23 Å². The Labute approximate surface area is 48.1 Å². The van der Waals surface area contributed by atoms with E-state index in [2.05, 4.69) is 24.4 Å². The summed E-state index contributed by atoms with van der Waals surface area (Å²) in [5.74, 6) is 0. The highest BCUT2D eigenvalue weighted by molar-refractivity contribution is 6.05. The lowest BCUT2D eigenvalue weighted by Crippen LogP contribution is -1.52. The van der Waals surface area contributed by atoms with Crippen molar-refractivity contribution in [1.29, 1.82) is 0 Å². The fraction of sp³-hybridized carbons (Fsp3) is 0.200. The highest BCUT2D eigenvalue weighted by Crippen LogP contribution is 1.65. The summed E-state index contributed by atoms with van der Waals surface area (Å²) in [6.07, 6.45) is 2.62. The van der Waals surface area contributed by atoms with Crippen LogP contribution in [-0.4, -0.2) is 10.2 Å². The maximum absolute atomic E-state index is 4.36. The van der Waals surface area contributed by atoms with E-state index < -0.39 is 0 Å². The van der Waals surface area contributed by atoms with E-state index in [1.165, 1.54) is 22.8 Å². The van der Waals surface area contributed by atoms with Crippen molar-refractivity contribution in [3.63, 3.8) is 0 Å². The Hall–Kier alpha value is -0.503. The van der Waals surface area contributed by atoms with E-state index in [4.69, 9.17) is 0 Å². The minimum Gasteiger partial charge on any atom is -0.474 e. The fourth-order valence-corrected chi connectivity index (χ4v) is 0.0680. The molecule has 0 aromatic rings. The van der Waals surface area contributed by atoms with Crippen molar-refractivity contribution in [3.8, 4) is 0 Å². The van der Waals surface area contributed by atoms with Crippen molar-refractivity contribution >= 4 is 10.2 Å². The molecule has 0 saturated heterocycles. The quantitative estimate of drug-likeness (QED) is 0.381. The molecule has 2 heteroatoms. The van der Waals surface area contributed by atoms with Gasteiger partial charge in [0.1, 0.15) is 0 Å². The third-order valence-corrected chi connectivity index (χ3v) is 0.192. The Bertz CT molecular complexity index is 37.3. The highest BCUT2D eigenvalue weighted by Gasteiger charge is 1.45. The number of rotatable bonds is 2. The van der Waals surface area contributed by atoms with Crippen LogP contribution >= 0.6 is 0 Å². The minimum absolute atomic E-state index is 1.31. The molecule has 0 N–H and O–H groups in total. The van der Waals surface area contributed by atoms with Crippen LogP contribution in [0.1, 0.15) is 0 Å². The Balaban J connectivity index is 0. The van der Waals surface area contributed by atoms with Crippen molar-refractivity contribution in [1.82, 2.24) is 0 Å². The van der Waals surface area contributed by atoms with Crippen molar-refractivity contribution in [2.45, 2.75) is 6.55 Å². The standard InChI is InChI=1S/C4H6O.CH6Si/c1-3-5-4-2;1-2/h3-4H,1-2H2;1-2H3. The van der Waals surface area contributed by atoms with Gasteiger partial charge < -0.3 is 4.74 Å². The van der Waals surface area contributed by atoms with Crippen LogP contribution in [0.3, 0.4) is 0 Å². The Morgan fingerprint density at radius 3 is 1.57 bits per heavy atom. The third-order valence-electron chi connectivity index (χ3n) is 0.192. The molecule has 0 amide bonds. The Morgan fingerprint density at radius 1 is 1.29 bits per heavy atom. The van der Waals surface area contributed by atoms with Gasteiger partial charge in [0.05, 0.1) is 12.5 Å². The minimum atomic E-state index is 1.31. The molecule has 0 unspecified atom stereocenters. The smallest absolute Gasteiger partial charge is 0.0829 e. The second-order valence-electron chi connectivity index (χ2n) is 0.469. The van der Waals surface area contributed by atoms with Gasteiger partial charge in [-0.15, -0.1) is 0 Å². The monoisotopic (exact) mass is 116 g/mol. The average molecular weight is 116 g/mol. The summed E-state index contributed by atoms with van der Waals surface area (Å²) in [4.78, 5) is 0. The predicted molar refractivity (Wildman–Crippen MR) is 37.3 cm³/mol. The molecule has 0 aromatic heterocycles. The van der Waals surface area contributed by atoms with E-state index in [9.17, 15) is 0 Å². The lowest BCUT2D eigenvalue weighted by atomic mass is 11.1. The van der Waals surface area contributed by atoms with Gasteiger partial charge in [-0.1, -0.05) is 19.7 Å². The summed E-state index contributed by atoms with van der Waals surface area (Å²) in [5, 5.41) is 0. The number of hydrogen-bond donors (Lipinski definition) is 0. The zero-order valence-corrected chi connectivity index (χ0v) is 6.98. The van der Waals surface area contributed by atoms with Crippen LogP contribution in [-0.2, 0) is 4.74 Å². The normalized spacial score (nSPS) is 5.29. The molecule has 42 valence electrons. The largest absolute Gasteiger partial charge is 0.474 e. The Kier molecular flexibility index (Phi) is 24.7. The van der Waals surface area contributed by atoms with E-state index in [0.29, 0.717) is 0 Å². The lowest BCUT2D eigenvalue weighted by Gasteiger charge is -1.76. The second-order valence-corrected chi connectivity index (χ2v) is 0.469. The van der Waals surface area contributed by atoms with Crippen molar-refractivity contribution in [2.24, 2.45) is 0 Å². The molecule has 0 heterocycles. The first-order valence-electron chi connectivity index (χ1n) is 2.29. The number of hydrogen-bond acceptors (Lipinski definition) is 1. The first kappa shape index (κ1) is 9.71. The van der Waals surface area contributed by atoms with E-state index in [-0.39, 0.29) is 0 Å². The zero-order chi connectivity index (χ0) is 6.12. The number of ether oxygens (including phenoxy) is 1.